The van der Waals surface area contributed by atoms with E-state index in [1.54, 1.807) is 0 Å². The van der Waals surface area contributed by atoms with Gasteiger partial charge in [-0.1, -0.05) is 18.2 Å². The molecule has 2 aromatic carbocycles. The Morgan fingerprint density at radius 2 is 2.07 bits per heavy atom. The fourth-order valence-corrected chi connectivity index (χ4v) is 4.23. The van der Waals surface area contributed by atoms with Crippen molar-refractivity contribution in [3.8, 4) is 5.75 Å². The third-order valence-corrected chi connectivity index (χ3v) is 5.98. The number of fused-ring (bicyclic) bond motifs is 1. The Balaban J connectivity index is 1.48. The van der Waals surface area contributed by atoms with Crippen LogP contribution < -0.4 is 10.1 Å². The van der Waals surface area contributed by atoms with Gasteiger partial charge < -0.3 is 19.5 Å². The minimum Gasteiger partial charge on any atom is -0.493 e. The Kier molecular flexibility index (Phi) is 5.98. The van der Waals surface area contributed by atoms with Crippen molar-refractivity contribution in [2.75, 3.05) is 25.6 Å². The van der Waals surface area contributed by atoms with Crippen molar-refractivity contribution >= 4 is 17.4 Å². The molecule has 1 unspecified atom stereocenters. The number of ether oxygens (including phenoxy) is 3. The molecule has 2 heterocycles. The van der Waals surface area contributed by atoms with Crippen LogP contribution in [0, 0.1) is 13.8 Å². The Labute approximate surface area is 178 Å². The maximum Gasteiger partial charge on any atom is 0.306 e. The van der Waals surface area contributed by atoms with Gasteiger partial charge in [-0.3, -0.25) is 4.79 Å². The molecule has 0 amide bonds. The van der Waals surface area contributed by atoms with Gasteiger partial charge in [0.25, 0.3) is 0 Å². The number of carbonyl (C=O) groups excluding carboxylic acids is 1. The minimum absolute atomic E-state index is 0.0622. The van der Waals surface area contributed by atoms with Gasteiger partial charge in [-0.25, -0.2) is 0 Å². The summed E-state index contributed by atoms with van der Waals surface area (Å²) in [6.07, 6.45) is 4.71. The lowest BCUT2D eigenvalue weighted by atomic mass is 9.95. The van der Waals surface area contributed by atoms with E-state index in [-0.39, 0.29) is 11.9 Å². The minimum atomic E-state index is -0.207. The summed E-state index contributed by atoms with van der Waals surface area (Å²) in [5, 5.41) is 3.52. The molecule has 1 N–H and O–H groups in total. The van der Waals surface area contributed by atoms with Gasteiger partial charge in [0.05, 0.1) is 26.7 Å². The average Bonchev–Trinajstić information content (AvgIpc) is 3.16. The first-order chi connectivity index (χ1) is 14.6. The topological polar surface area (TPSA) is 56.8 Å². The molecule has 0 bridgehead atoms. The lowest BCUT2D eigenvalue weighted by Crippen LogP contribution is -2.09. The van der Waals surface area contributed by atoms with Crippen LogP contribution in [0.5, 0.6) is 5.75 Å². The van der Waals surface area contributed by atoms with E-state index in [0.29, 0.717) is 13.0 Å². The third kappa shape index (κ3) is 4.16. The van der Waals surface area contributed by atoms with E-state index in [2.05, 4.69) is 43.4 Å². The van der Waals surface area contributed by atoms with Crippen LogP contribution in [0.15, 0.2) is 36.4 Å². The predicted molar refractivity (Wildman–Crippen MR) is 118 cm³/mol. The van der Waals surface area contributed by atoms with Gasteiger partial charge in [-0.2, -0.15) is 0 Å². The Hall–Kier alpha value is -2.95. The molecule has 4 rings (SSSR count). The SMILES string of the molecule is COC(=O)CC1COc2cc(NCc3ccc(C)c(C4=CCCCO4)c3C)ccc21. The largest absolute Gasteiger partial charge is 0.493 e. The van der Waals surface area contributed by atoms with Crippen LogP contribution in [0.3, 0.4) is 0 Å². The standard InChI is InChI=1S/C25H29NO4/c1-16-7-8-18(17(2)25(16)22-6-4-5-11-29-22)14-26-20-9-10-21-19(12-24(27)28-3)15-30-23(21)13-20/h6-10,13,19,26H,4-5,11-12,14-15H2,1-3H3. The highest BCUT2D eigenvalue weighted by molar-refractivity contribution is 5.71. The zero-order valence-electron chi connectivity index (χ0n) is 17.9. The van der Waals surface area contributed by atoms with Crippen LogP contribution in [0.1, 0.15) is 53.0 Å². The number of hydrogen-bond acceptors (Lipinski definition) is 5. The van der Waals surface area contributed by atoms with Crippen molar-refractivity contribution in [3.63, 3.8) is 0 Å². The Bertz CT molecular complexity index is 979. The van der Waals surface area contributed by atoms with Crippen LogP contribution in [-0.2, 0) is 20.8 Å². The molecule has 5 heteroatoms. The third-order valence-electron chi connectivity index (χ3n) is 5.98. The van der Waals surface area contributed by atoms with Gasteiger partial charge in [0.1, 0.15) is 11.5 Å². The van der Waals surface area contributed by atoms with Gasteiger partial charge in [0.15, 0.2) is 0 Å². The number of esters is 1. The number of carbonyl (C=O) groups is 1. The lowest BCUT2D eigenvalue weighted by molar-refractivity contribution is -0.141. The molecule has 0 saturated carbocycles. The van der Waals surface area contributed by atoms with E-state index in [4.69, 9.17) is 14.2 Å². The number of methoxy groups -OCH3 is 1. The first kappa shape index (κ1) is 20.3. The summed E-state index contributed by atoms with van der Waals surface area (Å²) >= 11 is 0. The molecule has 0 fully saturated rings. The molecular weight excluding hydrogens is 378 g/mol. The lowest BCUT2D eigenvalue weighted by Gasteiger charge is -2.21. The summed E-state index contributed by atoms with van der Waals surface area (Å²) in [5.41, 5.74) is 7.04. The smallest absolute Gasteiger partial charge is 0.306 e. The second-order valence-electron chi connectivity index (χ2n) is 7.99. The summed E-state index contributed by atoms with van der Waals surface area (Å²) in [7, 11) is 1.42. The van der Waals surface area contributed by atoms with Gasteiger partial charge in [-0.15, -0.1) is 0 Å². The molecule has 0 aromatic heterocycles. The molecule has 5 nitrogen and oxygen atoms in total. The van der Waals surface area contributed by atoms with Crippen molar-refractivity contribution in [2.24, 2.45) is 0 Å². The molecule has 0 radical (unpaired) electrons. The number of anilines is 1. The number of rotatable bonds is 6. The number of hydrogen-bond donors (Lipinski definition) is 1. The highest BCUT2D eigenvalue weighted by Gasteiger charge is 2.27. The zero-order valence-corrected chi connectivity index (χ0v) is 17.9. The highest BCUT2D eigenvalue weighted by Crippen LogP contribution is 2.38. The van der Waals surface area contributed by atoms with Crippen molar-refractivity contribution in [1.29, 1.82) is 0 Å². The Morgan fingerprint density at radius 3 is 2.83 bits per heavy atom. The first-order valence-corrected chi connectivity index (χ1v) is 10.6. The predicted octanol–water partition coefficient (Wildman–Crippen LogP) is 5.11. The number of nitrogens with one attached hydrogen (secondary N) is 1. The van der Waals surface area contributed by atoms with Crippen LogP contribution >= 0.6 is 0 Å². The maximum absolute atomic E-state index is 11.6. The second-order valence-corrected chi connectivity index (χ2v) is 7.99. The van der Waals surface area contributed by atoms with E-state index in [0.717, 1.165) is 48.8 Å². The highest BCUT2D eigenvalue weighted by atomic mass is 16.5. The summed E-state index contributed by atoms with van der Waals surface area (Å²) in [6.45, 7) is 6.34. The fraction of sp³-hybridized carbons (Fsp3) is 0.400. The number of benzene rings is 2. The molecule has 0 saturated heterocycles. The van der Waals surface area contributed by atoms with E-state index >= 15 is 0 Å². The Morgan fingerprint density at radius 1 is 1.20 bits per heavy atom. The zero-order chi connectivity index (χ0) is 21.1. The molecule has 2 aromatic rings. The molecule has 158 valence electrons. The van der Waals surface area contributed by atoms with E-state index < -0.39 is 0 Å². The van der Waals surface area contributed by atoms with Gasteiger partial charge >= 0.3 is 5.97 Å². The van der Waals surface area contributed by atoms with E-state index in [9.17, 15) is 4.79 Å². The monoisotopic (exact) mass is 407 g/mol. The van der Waals surface area contributed by atoms with Crippen molar-refractivity contribution in [2.45, 2.75) is 45.6 Å². The quantitative estimate of drug-likeness (QED) is 0.675. The molecule has 2 aliphatic rings. The summed E-state index contributed by atoms with van der Waals surface area (Å²) in [5.74, 6) is 1.71. The fourth-order valence-electron chi connectivity index (χ4n) is 4.23. The van der Waals surface area contributed by atoms with Crippen molar-refractivity contribution < 1.29 is 19.0 Å². The molecule has 0 aliphatic carbocycles. The summed E-state index contributed by atoms with van der Waals surface area (Å²) < 4.78 is 16.5. The molecule has 2 aliphatic heterocycles. The van der Waals surface area contributed by atoms with Gasteiger partial charge in [-0.05, 0) is 55.5 Å². The van der Waals surface area contributed by atoms with E-state index in [1.165, 1.54) is 29.4 Å². The number of aryl methyl sites for hydroxylation is 1. The van der Waals surface area contributed by atoms with Crippen molar-refractivity contribution in [1.82, 2.24) is 0 Å². The van der Waals surface area contributed by atoms with Crippen LogP contribution in [0.2, 0.25) is 0 Å². The molecular formula is C25H29NO4. The van der Waals surface area contributed by atoms with Crippen LogP contribution in [0.25, 0.3) is 5.76 Å². The molecule has 30 heavy (non-hydrogen) atoms. The molecule has 1 atom stereocenters. The van der Waals surface area contributed by atoms with E-state index in [1.807, 2.05) is 12.1 Å². The second kappa shape index (κ2) is 8.82. The maximum atomic E-state index is 11.6. The van der Waals surface area contributed by atoms with Crippen molar-refractivity contribution in [3.05, 3.63) is 64.2 Å². The summed E-state index contributed by atoms with van der Waals surface area (Å²) in [4.78, 5) is 11.6. The molecule has 0 spiro atoms. The number of allylic oxidation sites excluding steroid dienone is 1. The van der Waals surface area contributed by atoms with Gasteiger partial charge in [0.2, 0.25) is 0 Å². The summed E-state index contributed by atoms with van der Waals surface area (Å²) in [6, 6.07) is 10.5. The van der Waals surface area contributed by atoms with Gasteiger partial charge in [0, 0.05) is 35.3 Å². The average molecular weight is 408 g/mol. The van der Waals surface area contributed by atoms with Crippen LogP contribution in [-0.4, -0.2) is 26.3 Å². The normalized spacial score (nSPS) is 17.4. The van der Waals surface area contributed by atoms with Crippen LogP contribution in [0.4, 0.5) is 5.69 Å². The first-order valence-electron chi connectivity index (χ1n) is 10.6.